The summed E-state index contributed by atoms with van der Waals surface area (Å²) in [6, 6.07) is 4.23. The van der Waals surface area contributed by atoms with E-state index in [0.717, 1.165) is 8.95 Å². The zero-order valence-corrected chi connectivity index (χ0v) is 14.1. The molecule has 1 aromatic rings. The Bertz CT molecular complexity index is 462. The van der Waals surface area contributed by atoms with Crippen molar-refractivity contribution in [1.82, 2.24) is 5.32 Å². The maximum absolute atomic E-state index is 12.0. The van der Waals surface area contributed by atoms with Crippen LogP contribution >= 0.6 is 43.6 Å². The number of nitrogens with one attached hydrogen (secondary N) is 1. The van der Waals surface area contributed by atoms with E-state index in [9.17, 15) is 9.59 Å². The smallest absolute Gasteiger partial charge is 0.326 e. The van der Waals surface area contributed by atoms with Crippen molar-refractivity contribution < 1.29 is 14.7 Å². The van der Waals surface area contributed by atoms with Crippen molar-refractivity contribution in [3.8, 4) is 0 Å². The number of carbonyl (C=O) groups excluding carboxylic acids is 1. The monoisotopic (exact) mass is 409 g/mol. The Morgan fingerprint density at radius 1 is 1.32 bits per heavy atom. The second-order valence-electron chi connectivity index (χ2n) is 3.80. The van der Waals surface area contributed by atoms with Gasteiger partial charge in [0, 0.05) is 14.5 Å². The van der Waals surface area contributed by atoms with Gasteiger partial charge < -0.3 is 10.4 Å². The molecular weight excluding hydrogens is 398 g/mol. The van der Waals surface area contributed by atoms with Crippen LogP contribution < -0.4 is 5.32 Å². The summed E-state index contributed by atoms with van der Waals surface area (Å²) >= 11 is 8.12. The molecule has 0 saturated heterocycles. The third kappa shape index (κ3) is 5.54. The van der Waals surface area contributed by atoms with Gasteiger partial charge in [-0.2, -0.15) is 11.8 Å². The van der Waals surface area contributed by atoms with E-state index < -0.39 is 17.9 Å². The maximum atomic E-state index is 12.0. The molecule has 2 N–H and O–H groups in total. The molecule has 1 aromatic carbocycles. The van der Waals surface area contributed by atoms with Gasteiger partial charge >= 0.3 is 5.97 Å². The molecule has 0 spiro atoms. The molecular formula is C12H13Br2NO3S. The van der Waals surface area contributed by atoms with Crippen LogP contribution in [-0.2, 0) is 4.79 Å². The fourth-order valence-electron chi connectivity index (χ4n) is 1.42. The number of rotatable bonds is 6. The molecule has 0 unspecified atom stereocenters. The van der Waals surface area contributed by atoms with Crippen molar-refractivity contribution in [2.45, 2.75) is 12.5 Å². The molecule has 0 aliphatic carbocycles. The number of thioether (sulfide) groups is 1. The van der Waals surface area contributed by atoms with E-state index in [2.05, 4.69) is 37.2 Å². The first-order chi connectivity index (χ1) is 8.93. The Morgan fingerprint density at radius 2 is 1.89 bits per heavy atom. The fraction of sp³-hybridized carbons (Fsp3) is 0.333. The highest BCUT2D eigenvalue weighted by molar-refractivity contribution is 9.11. The fourth-order valence-corrected chi connectivity index (χ4v) is 3.18. The van der Waals surface area contributed by atoms with Gasteiger partial charge in [0.1, 0.15) is 6.04 Å². The standard InChI is InChI=1S/C12H13Br2NO3S/c1-19-3-2-10(12(17)18)15-11(16)7-4-8(13)6-9(14)5-7/h4-6,10H,2-3H2,1H3,(H,15,16)(H,17,18)/t10-/m1/s1. The van der Waals surface area contributed by atoms with Crippen LogP contribution in [0, 0.1) is 0 Å². The van der Waals surface area contributed by atoms with Crippen molar-refractivity contribution in [3.05, 3.63) is 32.7 Å². The van der Waals surface area contributed by atoms with Gasteiger partial charge in [0.25, 0.3) is 5.91 Å². The minimum absolute atomic E-state index is 0.393. The third-order valence-electron chi connectivity index (χ3n) is 2.34. The van der Waals surface area contributed by atoms with Gasteiger partial charge in [0.15, 0.2) is 0 Å². The second-order valence-corrected chi connectivity index (χ2v) is 6.62. The number of carbonyl (C=O) groups is 2. The van der Waals surface area contributed by atoms with Crippen LogP contribution in [-0.4, -0.2) is 35.0 Å². The van der Waals surface area contributed by atoms with E-state index in [1.165, 1.54) is 0 Å². The summed E-state index contributed by atoms with van der Waals surface area (Å²) in [5, 5.41) is 11.6. The maximum Gasteiger partial charge on any atom is 0.326 e. The number of benzene rings is 1. The molecule has 0 fully saturated rings. The minimum atomic E-state index is -1.02. The molecule has 0 aliphatic rings. The zero-order chi connectivity index (χ0) is 14.4. The second kappa shape index (κ2) is 7.91. The molecule has 0 saturated carbocycles. The van der Waals surface area contributed by atoms with Gasteiger partial charge in [-0.05, 0) is 36.6 Å². The zero-order valence-electron chi connectivity index (χ0n) is 10.2. The molecule has 1 atom stereocenters. The van der Waals surface area contributed by atoms with Crippen LogP contribution in [0.1, 0.15) is 16.8 Å². The molecule has 19 heavy (non-hydrogen) atoms. The third-order valence-corrected chi connectivity index (χ3v) is 3.90. The molecule has 1 amide bonds. The van der Waals surface area contributed by atoms with Crippen molar-refractivity contribution in [3.63, 3.8) is 0 Å². The Hall–Kier alpha value is -0.530. The Labute approximate surface area is 132 Å². The van der Waals surface area contributed by atoms with E-state index in [1.807, 2.05) is 6.26 Å². The lowest BCUT2D eigenvalue weighted by Gasteiger charge is -2.14. The first-order valence-corrected chi connectivity index (χ1v) is 8.40. The van der Waals surface area contributed by atoms with Gasteiger partial charge in [0.2, 0.25) is 0 Å². The molecule has 7 heteroatoms. The van der Waals surface area contributed by atoms with Crippen molar-refractivity contribution in [1.29, 1.82) is 0 Å². The molecule has 0 radical (unpaired) electrons. The summed E-state index contributed by atoms with van der Waals surface area (Å²) in [7, 11) is 0. The summed E-state index contributed by atoms with van der Waals surface area (Å²) in [5.41, 5.74) is 0.414. The van der Waals surface area contributed by atoms with E-state index in [0.29, 0.717) is 17.7 Å². The van der Waals surface area contributed by atoms with Crippen LogP contribution in [0.3, 0.4) is 0 Å². The largest absolute Gasteiger partial charge is 0.480 e. The molecule has 104 valence electrons. The molecule has 4 nitrogen and oxygen atoms in total. The predicted molar refractivity (Wildman–Crippen MR) is 83.7 cm³/mol. The van der Waals surface area contributed by atoms with E-state index in [-0.39, 0.29) is 0 Å². The van der Waals surface area contributed by atoms with Crippen molar-refractivity contribution >= 4 is 55.5 Å². The van der Waals surface area contributed by atoms with Gasteiger partial charge in [-0.3, -0.25) is 4.79 Å². The first kappa shape index (κ1) is 16.5. The summed E-state index contributed by atoms with van der Waals surface area (Å²) in [4.78, 5) is 23.1. The first-order valence-electron chi connectivity index (χ1n) is 5.42. The van der Waals surface area contributed by atoms with Crippen LogP contribution in [0.2, 0.25) is 0 Å². The number of halogens is 2. The molecule has 0 bridgehead atoms. The normalized spacial score (nSPS) is 11.9. The number of hydrogen-bond acceptors (Lipinski definition) is 3. The Morgan fingerprint density at radius 3 is 2.37 bits per heavy atom. The van der Waals surface area contributed by atoms with Gasteiger partial charge in [-0.15, -0.1) is 0 Å². The molecule has 0 aromatic heterocycles. The summed E-state index contributed by atoms with van der Waals surface area (Å²) in [5.74, 6) is -0.730. The number of carboxylic acid groups (broad SMARTS) is 1. The Kier molecular flexibility index (Phi) is 6.88. The van der Waals surface area contributed by atoms with Crippen molar-refractivity contribution in [2.24, 2.45) is 0 Å². The van der Waals surface area contributed by atoms with Crippen LogP contribution in [0.5, 0.6) is 0 Å². The van der Waals surface area contributed by atoms with E-state index >= 15 is 0 Å². The van der Waals surface area contributed by atoms with Crippen LogP contribution in [0.4, 0.5) is 0 Å². The molecule has 0 heterocycles. The summed E-state index contributed by atoms with van der Waals surface area (Å²) < 4.78 is 1.51. The SMILES string of the molecule is CSCC[C@@H](NC(=O)c1cc(Br)cc(Br)c1)C(=O)O. The highest BCUT2D eigenvalue weighted by atomic mass is 79.9. The van der Waals surface area contributed by atoms with Crippen LogP contribution in [0.15, 0.2) is 27.1 Å². The van der Waals surface area contributed by atoms with Gasteiger partial charge in [-0.1, -0.05) is 31.9 Å². The van der Waals surface area contributed by atoms with E-state index in [4.69, 9.17) is 5.11 Å². The minimum Gasteiger partial charge on any atom is -0.480 e. The van der Waals surface area contributed by atoms with Crippen LogP contribution in [0.25, 0.3) is 0 Å². The average Bonchev–Trinajstić information content (AvgIpc) is 2.32. The average molecular weight is 411 g/mol. The van der Waals surface area contributed by atoms with Gasteiger partial charge in [-0.25, -0.2) is 4.79 Å². The predicted octanol–water partition coefficient (Wildman–Crippen LogP) is 3.15. The number of hydrogen-bond donors (Lipinski definition) is 2. The number of aliphatic carboxylic acids is 1. The number of carboxylic acids is 1. The van der Waals surface area contributed by atoms with Gasteiger partial charge in [0.05, 0.1) is 0 Å². The lowest BCUT2D eigenvalue weighted by atomic mass is 10.1. The summed E-state index contributed by atoms with van der Waals surface area (Å²) in [6.45, 7) is 0. The molecule has 1 rings (SSSR count). The van der Waals surface area contributed by atoms with Crippen molar-refractivity contribution in [2.75, 3.05) is 12.0 Å². The highest BCUT2D eigenvalue weighted by Crippen LogP contribution is 2.20. The summed E-state index contributed by atoms with van der Waals surface area (Å²) in [6.07, 6.45) is 2.30. The van der Waals surface area contributed by atoms with E-state index in [1.54, 1.807) is 30.0 Å². The quantitative estimate of drug-likeness (QED) is 0.755. The Balaban J connectivity index is 2.78. The molecule has 0 aliphatic heterocycles. The lowest BCUT2D eigenvalue weighted by Crippen LogP contribution is -2.41. The number of amides is 1. The lowest BCUT2D eigenvalue weighted by molar-refractivity contribution is -0.139. The highest BCUT2D eigenvalue weighted by Gasteiger charge is 2.20. The topological polar surface area (TPSA) is 66.4 Å².